The Balaban J connectivity index is 1.96. The zero-order valence-electron chi connectivity index (χ0n) is 14.7. The van der Waals surface area contributed by atoms with E-state index in [1.54, 1.807) is 12.1 Å². The first-order chi connectivity index (χ1) is 12.9. The zero-order valence-corrected chi connectivity index (χ0v) is 14.7. The summed E-state index contributed by atoms with van der Waals surface area (Å²) in [6, 6.07) is 10.4. The fraction of sp³-hybridized carbons (Fsp3) is 0.158. The molecule has 140 valence electrons. The molecule has 0 fully saturated rings. The van der Waals surface area contributed by atoms with Crippen LogP contribution in [0, 0.1) is 10.1 Å². The summed E-state index contributed by atoms with van der Waals surface area (Å²) in [6.07, 6.45) is 2.47. The summed E-state index contributed by atoms with van der Waals surface area (Å²) >= 11 is 0. The lowest BCUT2D eigenvalue weighted by molar-refractivity contribution is -0.384. The molecule has 0 amide bonds. The van der Waals surface area contributed by atoms with Crippen molar-refractivity contribution in [1.29, 1.82) is 0 Å². The van der Waals surface area contributed by atoms with Crippen molar-refractivity contribution in [3.8, 4) is 11.5 Å². The van der Waals surface area contributed by atoms with Crippen LogP contribution in [0.15, 0.2) is 48.5 Å². The molecular weight excluding hydrogens is 354 g/mol. The Bertz CT molecular complexity index is 889. The third-order valence-electron chi connectivity index (χ3n) is 3.54. The Kier molecular flexibility index (Phi) is 6.65. The van der Waals surface area contributed by atoms with Gasteiger partial charge in [-0.05, 0) is 29.8 Å². The number of nitro groups is 1. The highest BCUT2D eigenvalue weighted by Crippen LogP contribution is 2.27. The lowest BCUT2D eigenvalue weighted by atomic mass is 10.1. The Morgan fingerprint density at radius 2 is 1.81 bits per heavy atom. The smallest absolute Gasteiger partial charge is 0.331 e. The highest BCUT2D eigenvalue weighted by Gasteiger charge is 2.12. The molecule has 2 rings (SSSR count). The second-order valence-corrected chi connectivity index (χ2v) is 5.29. The number of ether oxygens (including phenoxy) is 3. The van der Waals surface area contributed by atoms with E-state index < -0.39 is 23.3 Å². The SMILES string of the molecule is COc1ccc(C(=O)COC(=O)/C=C/c2cccc([N+](=O)[O-])c2)cc1OC. The minimum atomic E-state index is -0.740. The van der Waals surface area contributed by atoms with Crippen molar-refractivity contribution in [2.45, 2.75) is 0 Å². The fourth-order valence-corrected chi connectivity index (χ4v) is 2.18. The minimum Gasteiger partial charge on any atom is -0.493 e. The van der Waals surface area contributed by atoms with E-state index in [1.165, 1.54) is 50.6 Å². The van der Waals surface area contributed by atoms with Gasteiger partial charge in [0.1, 0.15) is 0 Å². The molecule has 2 aromatic rings. The maximum absolute atomic E-state index is 12.1. The molecule has 0 spiro atoms. The number of nitrogens with zero attached hydrogens (tertiary/aromatic N) is 1. The normalized spacial score (nSPS) is 10.4. The minimum absolute atomic E-state index is 0.0888. The number of esters is 1. The number of carbonyl (C=O) groups excluding carboxylic acids is 2. The number of nitro benzene ring substituents is 1. The van der Waals surface area contributed by atoms with Gasteiger partial charge in [-0.3, -0.25) is 14.9 Å². The lowest BCUT2D eigenvalue weighted by Crippen LogP contribution is -2.12. The standard InChI is InChI=1S/C19H17NO7/c1-25-17-8-7-14(11-18(17)26-2)16(21)12-27-19(22)9-6-13-4-3-5-15(10-13)20(23)24/h3-11H,12H2,1-2H3/b9-6+. The molecule has 0 aromatic heterocycles. The van der Waals surface area contributed by atoms with E-state index >= 15 is 0 Å². The predicted molar refractivity (Wildman–Crippen MR) is 97.0 cm³/mol. The summed E-state index contributed by atoms with van der Waals surface area (Å²) in [7, 11) is 2.93. The average Bonchev–Trinajstić information content (AvgIpc) is 2.69. The summed E-state index contributed by atoms with van der Waals surface area (Å²) in [4.78, 5) is 34.1. The molecule has 0 aliphatic heterocycles. The molecule has 8 heteroatoms. The van der Waals surface area contributed by atoms with Gasteiger partial charge in [-0.15, -0.1) is 0 Å². The molecule has 0 saturated heterocycles. The van der Waals surface area contributed by atoms with E-state index in [1.807, 2.05) is 0 Å². The number of non-ortho nitro benzene ring substituents is 1. The van der Waals surface area contributed by atoms with Crippen LogP contribution in [0.3, 0.4) is 0 Å². The Morgan fingerprint density at radius 1 is 1.07 bits per heavy atom. The Labute approximate surface area is 155 Å². The van der Waals surface area contributed by atoms with Crippen LogP contribution >= 0.6 is 0 Å². The molecule has 0 heterocycles. The Hall–Kier alpha value is -3.68. The second-order valence-electron chi connectivity index (χ2n) is 5.29. The number of Topliss-reactive ketones (excluding diaryl/α,β-unsaturated/α-hetero) is 1. The van der Waals surface area contributed by atoms with Gasteiger partial charge in [0.15, 0.2) is 23.9 Å². The molecule has 0 aliphatic rings. The van der Waals surface area contributed by atoms with Crippen molar-refractivity contribution < 1.29 is 28.7 Å². The van der Waals surface area contributed by atoms with Crippen LogP contribution in [0.5, 0.6) is 11.5 Å². The van der Waals surface area contributed by atoms with Crippen molar-refractivity contribution in [3.05, 3.63) is 69.8 Å². The second kappa shape index (κ2) is 9.14. The van der Waals surface area contributed by atoms with Crippen LogP contribution in [0.2, 0.25) is 0 Å². The zero-order chi connectivity index (χ0) is 19.8. The number of carbonyl (C=O) groups is 2. The molecule has 8 nitrogen and oxygen atoms in total. The van der Waals surface area contributed by atoms with E-state index in [4.69, 9.17) is 14.2 Å². The van der Waals surface area contributed by atoms with E-state index in [0.29, 0.717) is 22.6 Å². The van der Waals surface area contributed by atoms with E-state index in [9.17, 15) is 19.7 Å². The molecule has 2 aromatic carbocycles. The molecule has 0 radical (unpaired) electrons. The third kappa shape index (κ3) is 5.40. The number of rotatable bonds is 8. The van der Waals surface area contributed by atoms with Crippen LogP contribution in [-0.2, 0) is 9.53 Å². The van der Waals surface area contributed by atoms with Gasteiger partial charge in [-0.1, -0.05) is 12.1 Å². The lowest BCUT2D eigenvalue weighted by Gasteiger charge is -2.09. The maximum atomic E-state index is 12.1. The summed E-state index contributed by atoms with van der Waals surface area (Å²) in [5, 5.41) is 10.7. The third-order valence-corrected chi connectivity index (χ3v) is 3.54. The van der Waals surface area contributed by atoms with Crippen molar-refractivity contribution >= 4 is 23.5 Å². The summed E-state index contributed by atoms with van der Waals surface area (Å²) in [5.74, 6) is -0.283. The van der Waals surface area contributed by atoms with Crippen molar-refractivity contribution in [2.24, 2.45) is 0 Å². The highest BCUT2D eigenvalue weighted by atomic mass is 16.6. The van der Waals surface area contributed by atoms with Crippen molar-refractivity contribution in [1.82, 2.24) is 0 Å². The molecule has 0 N–H and O–H groups in total. The van der Waals surface area contributed by atoms with Gasteiger partial charge in [0, 0.05) is 23.8 Å². The summed E-state index contributed by atoms with van der Waals surface area (Å²) in [6.45, 7) is -0.451. The summed E-state index contributed by atoms with van der Waals surface area (Å²) < 4.78 is 15.1. The van der Waals surface area contributed by atoms with Crippen LogP contribution in [0.25, 0.3) is 6.08 Å². The number of hydrogen-bond donors (Lipinski definition) is 0. The average molecular weight is 371 g/mol. The van der Waals surface area contributed by atoms with Gasteiger partial charge >= 0.3 is 5.97 Å². The summed E-state index contributed by atoms with van der Waals surface area (Å²) in [5.41, 5.74) is 0.685. The topological polar surface area (TPSA) is 105 Å². The van der Waals surface area contributed by atoms with Crippen molar-refractivity contribution in [3.63, 3.8) is 0 Å². The van der Waals surface area contributed by atoms with Gasteiger partial charge in [-0.25, -0.2) is 4.79 Å². The van der Waals surface area contributed by atoms with Crippen LogP contribution in [0.1, 0.15) is 15.9 Å². The van der Waals surface area contributed by atoms with Gasteiger partial charge in [0.2, 0.25) is 0 Å². The predicted octanol–water partition coefficient (Wildman–Crippen LogP) is 3.05. The molecule has 0 bridgehead atoms. The molecule has 0 aliphatic carbocycles. The number of benzene rings is 2. The van der Waals surface area contributed by atoms with Gasteiger partial charge in [-0.2, -0.15) is 0 Å². The maximum Gasteiger partial charge on any atom is 0.331 e. The number of ketones is 1. The van der Waals surface area contributed by atoms with Crippen LogP contribution in [0.4, 0.5) is 5.69 Å². The van der Waals surface area contributed by atoms with E-state index in [-0.39, 0.29) is 5.69 Å². The number of methoxy groups -OCH3 is 2. The van der Waals surface area contributed by atoms with E-state index in [2.05, 4.69) is 0 Å². The monoisotopic (exact) mass is 371 g/mol. The number of hydrogen-bond acceptors (Lipinski definition) is 7. The molecular formula is C19H17NO7. The molecule has 0 saturated carbocycles. The van der Waals surface area contributed by atoms with Gasteiger partial charge in [0.05, 0.1) is 19.1 Å². The first kappa shape index (κ1) is 19.6. The first-order valence-electron chi connectivity index (χ1n) is 7.79. The highest BCUT2D eigenvalue weighted by molar-refractivity contribution is 5.99. The van der Waals surface area contributed by atoms with Crippen molar-refractivity contribution in [2.75, 3.05) is 20.8 Å². The molecule has 27 heavy (non-hydrogen) atoms. The van der Waals surface area contributed by atoms with Gasteiger partial charge < -0.3 is 14.2 Å². The van der Waals surface area contributed by atoms with E-state index in [0.717, 1.165) is 6.08 Å². The first-order valence-corrected chi connectivity index (χ1v) is 7.79. The molecule has 0 unspecified atom stereocenters. The molecule has 0 atom stereocenters. The largest absolute Gasteiger partial charge is 0.493 e. The van der Waals surface area contributed by atoms with Gasteiger partial charge in [0.25, 0.3) is 5.69 Å². The Morgan fingerprint density at radius 3 is 2.48 bits per heavy atom. The van der Waals surface area contributed by atoms with Crippen LogP contribution < -0.4 is 9.47 Å². The fourth-order valence-electron chi connectivity index (χ4n) is 2.18. The van der Waals surface area contributed by atoms with Crippen LogP contribution in [-0.4, -0.2) is 37.5 Å². The quantitative estimate of drug-likeness (QED) is 0.231.